The highest BCUT2D eigenvalue weighted by atomic mass is 32.1. The van der Waals surface area contributed by atoms with Gasteiger partial charge in [0.1, 0.15) is 16.9 Å². The summed E-state index contributed by atoms with van der Waals surface area (Å²) in [7, 11) is 5.62. The fourth-order valence-corrected chi connectivity index (χ4v) is 7.63. The molecule has 4 aromatic heterocycles. The van der Waals surface area contributed by atoms with Gasteiger partial charge < -0.3 is 18.5 Å². The lowest BCUT2D eigenvalue weighted by Crippen LogP contribution is -2.08. The standard InChI is InChI=1S/C17H10S.C14H12N2OS.C13H9NO2S/c18-17-14-8-2-1-7-12(14)13-9-3-5-11-6-4-10-15(17)16(11)13;1-16(2)9-3-4-10-12(7-9)17-13-8-15-6-5-11(13)14(10)18;1-15-8-2-3-9-11(6-8)16-12-7-14-5-4-10(12)13(9)17/h1-10H;3-8H,1-2H3;2-7H,1H3. The molecule has 0 fully saturated rings. The van der Waals surface area contributed by atoms with Crippen molar-refractivity contribution in [3.63, 3.8) is 0 Å². The van der Waals surface area contributed by atoms with Gasteiger partial charge in [0.05, 0.1) is 33.4 Å². The summed E-state index contributed by atoms with van der Waals surface area (Å²) in [5.41, 5.74) is 8.95. The molecule has 0 radical (unpaired) electrons. The van der Waals surface area contributed by atoms with Crippen molar-refractivity contribution in [3.05, 3.63) is 154 Å². The first-order valence-corrected chi connectivity index (χ1v) is 18.0. The van der Waals surface area contributed by atoms with E-state index in [1.165, 1.54) is 33.0 Å². The molecule has 0 bridgehead atoms. The van der Waals surface area contributed by atoms with Gasteiger partial charge in [0.25, 0.3) is 0 Å². The highest BCUT2D eigenvalue weighted by Gasteiger charge is 2.21. The third-order valence-corrected chi connectivity index (χ3v) is 10.6. The van der Waals surface area contributed by atoms with Crippen molar-refractivity contribution in [2.45, 2.75) is 0 Å². The van der Waals surface area contributed by atoms with Crippen LogP contribution in [-0.4, -0.2) is 36.0 Å². The second-order valence-corrected chi connectivity index (χ2v) is 13.9. The average molecular weight is 746 g/mol. The van der Waals surface area contributed by atoms with Crippen molar-refractivity contribution in [1.82, 2.24) is 9.97 Å². The van der Waals surface area contributed by atoms with E-state index in [1.54, 1.807) is 31.9 Å². The Balaban J connectivity index is 0.000000113. The van der Waals surface area contributed by atoms with Crippen LogP contribution in [0.1, 0.15) is 11.1 Å². The number of pyridine rings is 2. The summed E-state index contributed by atoms with van der Waals surface area (Å²) in [6.07, 6.45) is 6.81. The number of methoxy groups -OCH3 is 1. The average Bonchev–Trinajstić information content (AvgIpc) is 3.20. The van der Waals surface area contributed by atoms with Gasteiger partial charge in [0.2, 0.25) is 0 Å². The predicted octanol–water partition coefficient (Wildman–Crippen LogP) is 12.1. The maximum atomic E-state index is 5.86. The minimum absolute atomic E-state index is 0.693. The molecule has 5 aromatic carbocycles. The summed E-state index contributed by atoms with van der Waals surface area (Å²) in [5, 5.41) is 6.29. The van der Waals surface area contributed by atoms with Gasteiger partial charge in [-0.25, -0.2) is 0 Å². The van der Waals surface area contributed by atoms with Gasteiger partial charge in [-0.3, -0.25) is 9.97 Å². The molecule has 53 heavy (non-hydrogen) atoms. The zero-order chi connectivity index (χ0) is 36.6. The highest BCUT2D eigenvalue weighted by Crippen LogP contribution is 2.39. The van der Waals surface area contributed by atoms with Crippen molar-refractivity contribution >= 4 is 102 Å². The number of rotatable bonds is 2. The molecule has 0 saturated carbocycles. The molecule has 258 valence electrons. The molecule has 1 aliphatic carbocycles. The largest absolute Gasteiger partial charge is 0.497 e. The van der Waals surface area contributed by atoms with Crippen molar-refractivity contribution in [3.8, 4) is 16.9 Å². The number of nitrogens with zero attached hydrogens (tertiary/aromatic N) is 3. The summed E-state index contributed by atoms with van der Waals surface area (Å²) in [6, 6.07) is 36.7. The first-order valence-electron chi connectivity index (χ1n) is 16.8. The van der Waals surface area contributed by atoms with E-state index in [1.807, 2.05) is 67.5 Å². The lowest BCUT2D eigenvalue weighted by Gasteiger charge is -2.21. The molecular weight excluding hydrogens is 715 g/mol. The molecule has 9 aromatic rings. The zero-order valence-electron chi connectivity index (χ0n) is 29.0. The molecule has 0 spiro atoms. The highest BCUT2D eigenvalue weighted by molar-refractivity contribution is 7.81. The van der Waals surface area contributed by atoms with Crippen LogP contribution in [0.5, 0.6) is 5.75 Å². The summed E-state index contributed by atoms with van der Waals surface area (Å²) < 4.78 is 18.4. The molecule has 0 saturated heterocycles. The number of hydrogen-bond acceptors (Lipinski definition) is 9. The van der Waals surface area contributed by atoms with Crippen LogP contribution in [0.2, 0.25) is 0 Å². The molecule has 1 aliphatic rings. The first-order chi connectivity index (χ1) is 25.8. The Morgan fingerprint density at radius 2 is 1.09 bits per heavy atom. The number of thiocarbonyl (C=S) groups is 1. The second kappa shape index (κ2) is 14.3. The van der Waals surface area contributed by atoms with Crippen molar-refractivity contribution in [2.24, 2.45) is 0 Å². The minimum atomic E-state index is 0.693. The third kappa shape index (κ3) is 6.33. The third-order valence-electron chi connectivity index (χ3n) is 9.27. The maximum Gasteiger partial charge on any atom is 0.154 e. The van der Waals surface area contributed by atoms with E-state index in [2.05, 4.69) is 70.6 Å². The molecule has 0 unspecified atom stereocenters. The van der Waals surface area contributed by atoms with E-state index >= 15 is 0 Å². The lowest BCUT2D eigenvalue weighted by atomic mass is 9.83. The van der Waals surface area contributed by atoms with E-state index in [0.717, 1.165) is 63.6 Å². The molecule has 6 nitrogen and oxygen atoms in total. The Hall–Kier alpha value is -5.87. The molecule has 0 atom stereocenters. The number of benzene rings is 5. The molecule has 0 N–H and O–H groups in total. The van der Waals surface area contributed by atoms with Gasteiger partial charge in [0, 0.05) is 77.0 Å². The van der Waals surface area contributed by atoms with Gasteiger partial charge in [-0.05, 0) is 58.3 Å². The zero-order valence-corrected chi connectivity index (χ0v) is 31.4. The summed E-state index contributed by atoms with van der Waals surface area (Å²) >= 11 is 16.6. The summed E-state index contributed by atoms with van der Waals surface area (Å²) in [4.78, 5) is 11.1. The summed E-state index contributed by atoms with van der Waals surface area (Å²) in [5.74, 6) is 0.749. The minimum Gasteiger partial charge on any atom is -0.497 e. The van der Waals surface area contributed by atoms with Gasteiger partial charge in [-0.15, -0.1) is 0 Å². The first kappa shape index (κ1) is 34.2. The van der Waals surface area contributed by atoms with Crippen LogP contribution in [-0.2, 0) is 0 Å². The van der Waals surface area contributed by atoms with Gasteiger partial charge in [0.15, 0.2) is 11.2 Å². The summed E-state index contributed by atoms with van der Waals surface area (Å²) in [6.45, 7) is 0. The number of anilines is 1. The Morgan fingerprint density at radius 1 is 0.547 bits per heavy atom. The topological polar surface area (TPSA) is 64.5 Å². The maximum absolute atomic E-state index is 5.86. The van der Waals surface area contributed by atoms with Gasteiger partial charge >= 0.3 is 0 Å². The van der Waals surface area contributed by atoms with Crippen LogP contribution < -0.4 is 9.64 Å². The van der Waals surface area contributed by atoms with E-state index < -0.39 is 0 Å². The SMILES string of the molecule is CN(C)c1ccc2c(=S)c3ccncc3oc2c1.COc1ccc2c(=S)c3ccncc3oc2c1.S=C1c2ccccc2-c2cccc3cccc1c23. The van der Waals surface area contributed by atoms with Crippen LogP contribution in [0.15, 0.2) is 143 Å². The molecule has 4 heterocycles. The Morgan fingerprint density at radius 3 is 1.72 bits per heavy atom. The predicted molar refractivity (Wildman–Crippen MR) is 226 cm³/mol. The molecule has 0 aliphatic heterocycles. The van der Waals surface area contributed by atoms with E-state index in [0.29, 0.717) is 5.58 Å². The van der Waals surface area contributed by atoms with E-state index in [-0.39, 0.29) is 0 Å². The number of aromatic nitrogens is 2. The van der Waals surface area contributed by atoms with Gasteiger partial charge in [-0.1, -0.05) is 97.3 Å². The van der Waals surface area contributed by atoms with Crippen LogP contribution in [0.4, 0.5) is 5.69 Å². The molecule has 10 rings (SSSR count). The number of hydrogen-bond donors (Lipinski definition) is 0. The van der Waals surface area contributed by atoms with Crippen LogP contribution >= 0.6 is 36.7 Å². The van der Waals surface area contributed by atoms with Crippen molar-refractivity contribution < 1.29 is 13.6 Å². The van der Waals surface area contributed by atoms with Crippen LogP contribution in [0, 0.1) is 9.02 Å². The fourth-order valence-electron chi connectivity index (χ4n) is 6.60. The van der Waals surface area contributed by atoms with Crippen molar-refractivity contribution in [1.29, 1.82) is 0 Å². The monoisotopic (exact) mass is 745 g/mol. The Kier molecular flexibility index (Phi) is 9.22. The van der Waals surface area contributed by atoms with Crippen molar-refractivity contribution in [2.75, 3.05) is 26.1 Å². The van der Waals surface area contributed by atoms with E-state index in [9.17, 15) is 0 Å². The molecule has 0 amide bonds. The Labute approximate surface area is 320 Å². The quantitative estimate of drug-likeness (QED) is 0.127. The van der Waals surface area contributed by atoms with Crippen LogP contribution in [0.25, 0.3) is 65.8 Å². The second-order valence-electron chi connectivity index (χ2n) is 12.6. The van der Waals surface area contributed by atoms with Crippen LogP contribution in [0.3, 0.4) is 0 Å². The van der Waals surface area contributed by atoms with E-state index in [4.69, 9.17) is 50.2 Å². The van der Waals surface area contributed by atoms with Gasteiger partial charge in [-0.2, -0.15) is 0 Å². The Bertz CT molecular complexity index is 3000. The number of fused-ring (bicyclic) bond motifs is 6. The smallest absolute Gasteiger partial charge is 0.154 e. The molecular formula is C44H31N3O3S3. The molecule has 9 heteroatoms. The fraction of sp³-hybridized carbons (Fsp3) is 0.0682. The number of ether oxygens (including phenoxy) is 1. The lowest BCUT2D eigenvalue weighted by molar-refractivity contribution is 0.414. The normalized spacial score (nSPS) is 11.5.